The molecule has 0 saturated carbocycles. The first kappa shape index (κ1) is 15.1. The van der Waals surface area contributed by atoms with Gasteiger partial charge in [-0.2, -0.15) is 5.10 Å². The number of nitro groups is 1. The predicted molar refractivity (Wildman–Crippen MR) is 78.6 cm³/mol. The number of carbonyl (C=O) groups is 1. The van der Waals surface area contributed by atoms with Crippen LogP contribution in [0, 0.1) is 10.1 Å². The fourth-order valence-electron chi connectivity index (χ4n) is 1.54. The fraction of sp³-hybridized carbons (Fsp3) is 0.0714. The second kappa shape index (κ2) is 7.48. The lowest BCUT2D eigenvalue weighted by atomic mass is 10.3. The van der Waals surface area contributed by atoms with E-state index in [0.29, 0.717) is 0 Å². The molecule has 1 N–H and O–H groups in total. The van der Waals surface area contributed by atoms with Crippen LogP contribution in [0.5, 0.6) is 5.75 Å². The predicted octanol–water partition coefficient (Wildman–Crippen LogP) is 1.52. The highest BCUT2D eigenvalue weighted by atomic mass is 16.6. The van der Waals surface area contributed by atoms with Gasteiger partial charge in [-0.3, -0.25) is 19.9 Å². The Labute approximate surface area is 125 Å². The quantitative estimate of drug-likeness (QED) is 0.494. The molecule has 8 nitrogen and oxygen atoms in total. The van der Waals surface area contributed by atoms with Gasteiger partial charge in [0.15, 0.2) is 12.4 Å². The van der Waals surface area contributed by atoms with Gasteiger partial charge in [0.1, 0.15) is 0 Å². The van der Waals surface area contributed by atoms with Gasteiger partial charge in [0.05, 0.1) is 11.1 Å². The van der Waals surface area contributed by atoms with E-state index in [2.05, 4.69) is 15.5 Å². The number of pyridine rings is 1. The normalized spacial score (nSPS) is 10.4. The summed E-state index contributed by atoms with van der Waals surface area (Å²) in [4.78, 5) is 25.7. The van der Waals surface area contributed by atoms with E-state index in [1.807, 2.05) is 0 Å². The van der Waals surface area contributed by atoms with E-state index in [1.165, 1.54) is 24.4 Å². The van der Waals surface area contributed by atoms with Gasteiger partial charge in [0, 0.05) is 24.0 Å². The van der Waals surface area contributed by atoms with E-state index < -0.39 is 10.8 Å². The molecule has 2 aromatic rings. The number of benzene rings is 1. The molecular formula is C14H12N4O4. The molecule has 0 fully saturated rings. The maximum absolute atomic E-state index is 11.6. The van der Waals surface area contributed by atoms with E-state index >= 15 is 0 Å². The smallest absolute Gasteiger partial charge is 0.310 e. The van der Waals surface area contributed by atoms with Crippen molar-refractivity contribution in [1.82, 2.24) is 10.4 Å². The van der Waals surface area contributed by atoms with Crippen molar-refractivity contribution in [1.29, 1.82) is 0 Å². The number of para-hydroxylation sites is 2. The number of hydrazone groups is 1. The van der Waals surface area contributed by atoms with Crippen molar-refractivity contribution in [3.8, 4) is 5.75 Å². The second-order valence-electron chi connectivity index (χ2n) is 4.09. The maximum atomic E-state index is 11.6. The summed E-state index contributed by atoms with van der Waals surface area (Å²) in [6.45, 7) is -0.380. The number of nitro benzene ring substituents is 1. The van der Waals surface area contributed by atoms with Crippen LogP contribution in [-0.2, 0) is 4.79 Å². The summed E-state index contributed by atoms with van der Waals surface area (Å²) in [5.41, 5.74) is 2.78. The number of rotatable bonds is 6. The van der Waals surface area contributed by atoms with Crippen LogP contribution in [0.1, 0.15) is 5.56 Å². The molecular weight excluding hydrogens is 288 g/mol. The van der Waals surface area contributed by atoms with Gasteiger partial charge < -0.3 is 4.74 Å². The molecule has 0 atom stereocenters. The summed E-state index contributed by atoms with van der Waals surface area (Å²) < 4.78 is 5.12. The molecule has 1 aromatic heterocycles. The molecule has 0 bridgehead atoms. The van der Waals surface area contributed by atoms with Crippen LogP contribution in [0.2, 0.25) is 0 Å². The van der Waals surface area contributed by atoms with Crippen molar-refractivity contribution >= 4 is 17.8 Å². The van der Waals surface area contributed by atoms with Crippen molar-refractivity contribution < 1.29 is 14.5 Å². The summed E-state index contributed by atoms with van der Waals surface area (Å²) in [5, 5.41) is 14.5. The van der Waals surface area contributed by atoms with Gasteiger partial charge in [-0.15, -0.1) is 0 Å². The number of hydrogen-bond acceptors (Lipinski definition) is 6. The van der Waals surface area contributed by atoms with Crippen LogP contribution in [0.15, 0.2) is 53.9 Å². The Morgan fingerprint density at radius 3 is 2.91 bits per heavy atom. The average Bonchev–Trinajstić information content (AvgIpc) is 2.54. The van der Waals surface area contributed by atoms with Crippen molar-refractivity contribution in [2.75, 3.05) is 6.61 Å². The number of aromatic nitrogens is 1. The van der Waals surface area contributed by atoms with Crippen LogP contribution in [-0.4, -0.2) is 28.6 Å². The Morgan fingerprint density at radius 2 is 2.18 bits per heavy atom. The molecule has 1 aromatic carbocycles. The number of carbonyl (C=O) groups excluding carboxylic acids is 1. The Balaban J connectivity index is 1.86. The van der Waals surface area contributed by atoms with Gasteiger partial charge in [-0.05, 0) is 12.1 Å². The third kappa shape index (κ3) is 4.37. The molecule has 1 amide bonds. The van der Waals surface area contributed by atoms with Gasteiger partial charge in [0.2, 0.25) is 0 Å². The molecule has 0 unspecified atom stereocenters. The molecule has 0 aliphatic heterocycles. The number of amides is 1. The molecule has 112 valence electrons. The third-order valence-electron chi connectivity index (χ3n) is 2.51. The first-order chi connectivity index (χ1) is 10.7. The van der Waals surface area contributed by atoms with Crippen LogP contribution in [0.4, 0.5) is 5.69 Å². The molecule has 0 radical (unpaired) electrons. The lowest BCUT2D eigenvalue weighted by Gasteiger charge is -2.05. The van der Waals surface area contributed by atoms with Crippen molar-refractivity contribution in [3.05, 3.63) is 64.5 Å². The van der Waals surface area contributed by atoms with Crippen LogP contribution < -0.4 is 10.2 Å². The average molecular weight is 300 g/mol. The molecule has 0 spiro atoms. The SMILES string of the molecule is O=C(COc1ccccc1[N+](=O)[O-])N/N=C\c1cccnc1. The second-order valence-corrected chi connectivity index (χ2v) is 4.09. The van der Waals surface area contributed by atoms with Crippen LogP contribution >= 0.6 is 0 Å². The first-order valence-electron chi connectivity index (χ1n) is 6.25. The van der Waals surface area contributed by atoms with E-state index in [4.69, 9.17) is 4.74 Å². The van der Waals surface area contributed by atoms with Gasteiger partial charge in [0.25, 0.3) is 5.91 Å². The fourth-order valence-corrected chi connectivity index (χ4v) is 1.54. The minimum Gasteiger partial charge on any atom is -0.477 e. The number of ether oxygens (including phenoxy) is 1. The maximum Gasteiger partial charge on any atom is 0.310 e. The highest BCUT2D eigenvalue weighted by molar-refractivity contribution is 5.82. The summed E-state index contributed by atoms with van der Waals surface area (Å²) in [7, 11) is 0. The number of nitrogens with zero attached hydrogens (tertiary/aromatic N) is 3. The van der Waals surface area contributed by atoms with Crippen molar-refractivity contribution in [2.24, 2.45) is 5.10 Å². The van der Waals surface area contributed by atoms with Crippen molar-refractivity contribution in [3.63, 3.8) is 0 Å². The monoisotopic (exact) mass is 300 g/mol. The Bertz CT molecular complexity index is 688. The topological polar surface area (TPSA) is 107 Å². The Morgan fingerprint density at radius 1 is 1.36 bits per heavy atom. The Kier molecular flexibility index (Phi) is 5.14. The zero-order valence-electron chi connectivity index (χ0n) is 11.4. The lowest BCUT2D eigenvalue weighted by molar-refractivity contribution is -0.385. The number of nitrogens with one attached hydrogen (secondary N) is 1. The van der Waals surface area contributed by atoms with E-state index in [-0.39, 0.29) is 18.0 Å². The van der Waals surface area contributed by atoms with Gasteiger partial charge in [-0.25, -0.2) is 5.43 Å². The molecule has 0 aliphatic carbocycles. The molecule has 0 aliphatic rings. The van der Waals surface area contributed by atoms with Crippen LogP contribution in [0.25, 0.3) is 0 Å². The first-order valence-corrected chi connectivity index (χ1v) is 6.25. The standard InChI is InChI=1S/C14H12N4O4/c19-14(17-16-9-11-4-3-7-15-8-11)10-22-13-6-2-1-5-12(13)18(20)21/h1-9H,10H2,(H,17,19)/b16-9-. The molecule has 0 saturated heterocycles. The van der Waals surface area contributed by atoms with Gasteiger partial charge >= 0.3 is 5.69 Å². The van der Waals surface area contributed by atoms with Crippen LogP contribution in [0.3, 0.4) is 0 Å². The van der Waals surface area contributed by atoms with Gasteiger partial charge in [-0.1, -0.05) is 18.2 Å². The zero-order chi connectivity index (χ0) is 15.8. The molecule has 22 heavy (non-hydrogen) atoms. The van der Waals surface area contributed by atoms with Crippen molar-refractivity contribution in [2.45, 2.75) is 0 Å². The molecule has 1 heterocycles. The summed E-state index contributed by atoms with van der Waals surface area (Å²) in [5.74, 6) is -0.503. The summed E-state index contributed by atoms with van der Waals surface area (Å²) in [6.07, 6.45) is 4.63. The summed E-state index contributed by atoms with van der Waals surface area (Å²) in [6, 6.07) is 9.33. The highest BCUT2D eigenvalue weighted by Gasteiger charge is 2.14. The minimum absolute atomic E-state index is 0.0267. The lowest BCUT2D eigenvalue weighted by Crippen LogP contribution is -2.24. The van der Waals surface area contributed by atoms with E-state index in [1.54, 1.807) is 30.6 Å². The third-order valence-corrected chi connectivity index (χ3v) is 2.51. The Hall–Kier alpha value is -3.29. The highest BCUT2D eigenvalue weighted by Crippen LogP contribution is 2.25. The summed E-state index contributed by atoms with van der Waals surface area (Å²) >= 11 is 0. The zero-order valence-corrected chi connectivity index (χ0v) is 11.4. The van der Waals surface area contributed by atoms with E-state index in [9.17, 15) is 14.9 Å². The minimum atomic E-state index is -0.576. The molecule has 8 heteroatoms. The largest absolute Gasteiger partial charge is 0.477 e. The molecule has 2 rings (SSSR count). The van der Waals surface area contributed by atoms with E-state index in [0.717, 1.165) is 5.56 Å². The number of hydrogen-bond donors (Lipinski definition) is 1.